The van der Waals surface area contributed by atoms with E-state index < -0.39 is 0 Å². The van der Waals surface area contributed by atoms with Crippen molar-refractivity contribution >= 4 is 0 Å². The molecule has 0 aromatic heterocycles. The highest BCUT2D eigenvalue weighted by atomic mass is 16.5. The number of nitrogens with two attached hydrogens (primary N) is 1. The van der Waals surface area contributed by atoms with Crippen LogP contribution in [0, 0.1) is 0 Å². The molecule has 0 aromatic carbocycles. The maximum Gasteiger partial charge on any atom is 0.0694 e. The molecular weight excluding hydrogens is 126 g/mol. The van der Waals surface area contributed by atoms with Crippen LogP contribution in [-0.4, -0.2) is 19.3 Å². The first-order chi connectivity index (χ1) is 4.85. The van der Waals surface area contributed by atoms with Crippen LogP contribution >= 0.6 is 0 Å². The molecule has 10 heavy (non-hydrogen) atoms. The van der Waals surface area contributed by atoms with E-state index in [4.69, 9.17) is 10.5 Å². The second-order valence-corrected chi connectivity index (χ2v) is 2.49. The van der Waals surface area contributed by atoms with Gasteiger partial charge in [-0.05, 0) is 12.8 Å². The van der Waals surface area contributed by atoms with Crippen molar-refractivity contribution in [2.75, 3.05) is 13.2 Å². The normalized spacial score (nSPS) is 13.5. The van der Waals surface area contributed by atoms with Crippen LogP contribution in [-0.2, 0) is 4.74 Å². The van der Waals surface area contributed by atoms with Gasteiger partial charge in [-0.2, -0.15) is 0 Å². The average molecular weight is 145 g/mol. The van der Waals surface area contributed by atoms with Gasteiger partial charge in [0.1, 0.15) is 0 Å². The Bertz CT molecular complexity index is 62.3. The molecule has 62 valence electrons. The molecule has 0 aliphatic rings. The molecule has 0 aromatic rings. The minimum Gasteiger partial charge on any atom is -0.377 e. The van der Waals surface area contributed by atoms with Crippen molar-refractivity contribution in [1.29, 1.82) is 0 Å². The highest BCUT2D eigenvalue weighted by Gasteiger charge is 2.00. The zero-order chi connectivity index (χ0) is 7.82. The minimum atomic E-state index is 0.284. The summed E-state index contributed by atoms with van der Waals surface area (Å²) in [6, 6.07) is 0. The Morgan fingerprint density at radius 2 is 2.10 bits per heavy atom. The smallest absolute Gasteiger partial charge is 0.0694 e. The van der Waals surface area contributed by atoms with E-state index in [1.807, 2.05) is 0 Å². The van der Waals surface area contributed by atoms with Gasteiger partial charge >= 0.3 is 0 Å². The maximum absolute atomic E-state index is 5.46. The third-order valence-electron chi connectivity index (χ3n) is 1.57. The number of hydrogen-bond donors (Lipinski definition) is 1. The SMILES string of the molecule is CCCCOC(CC)CN. The Hall–Kier alpha value is -0.0800. The van der Waals surface area contributed by atoms with Gasteiger partial charge in [-0.25, -0.2) is 0 Å². The highest BCUT2D eigenvalue weighted by Crippen LogP contribution is 1.97. The molecule has 0 amide bonds. The maximum atomic E-state index is 5.46. The summed E-state index contributed by atoms with van der Waals surface area (Å²) in [7, 11) is 0. The van der Waals surface area contributed by atoms with Gasteiger partial charge in [-0.3, -0.25) is 0 Å². The van der Waals surface area contributed by atoms with Crippen molar-refractivity contribution in [3.8, 4) is 0 Å². The van der Waals surface area contributed by atoms with E-state index in [1.165, 1.54) is 6.42 Å². The molecule has 2 heteroatoms. The van der Waals surface area contributed by atoms with Crippen LogP contribution in [0.4, 0.5) is 0 Å². The quantitative estimate of drug-likeness (QED) is 0.575. The molecule has 0 fully saturated rings. The van der Waals surface area contributed by atoms with E-state index in [-0.39, 0.29) is 6.10 Å². The fourth-order valence-corrected chi connectivity index (χ4v) is 0.747. The summed E-state index contributed by atoms with van der Waals surface area (Å²) in [4.78, 5) is 0. The predicted octanol–water partition coefficient (Wildman–Crippen LogP) is 1.54. The van der Waals surface area contributed by atoms with E-state index in [2.05, 4.69) is 13.8 Å². The standard InChI is InChI=1S/C8H19NO/c1-3-5-6-10-8(4-2)7-9/h8H,3-7,9H2,1-2H3. The van der Waals surface area contributed by atoms with Crippen LogP contribution in [0.1, 0.15) is 33.1 Å². The Labute approximate surface area is 63.7 Å². The highest BCUT2D eigenvalue weighted by molar-refractivity contribution is 4.54. The zero-order valence-electron chi connectivity index (χ0n) is 7.10. The van der Waals surface area contributed by atoms with Gasteiger partial charge in [0.2, 0.25) is 0 Å². The van der Waals surface area contributed by atoms with E-state index >= 15 is 0 Å². The van der Waals surface area contributed by atoms with E-state index in [1.54, 1.807) is 0 Å². The lowest BCUT2D eigenvalue weighted by Gasteiger charge is -2.12. The number of rotatable bonds is 6. The Morgan fingerprint density at radius 3 is 2.50 bits per heavy atom. The zero-order valence-corrected chi connectivity index (χ0v) is 7.10. The Balaban J connectivity index is 3.09. The number of ether oxygens (including phenoxy) is 1. The molecule has 2 nitrogen and oxygen atoms in total. The van der Waals surface area contributed by atoms with Crippen LogP contribution in [0.3, 0.4) is 0 Å². The molecule has 0 spiro atoms. The summed E-state index contributed by atoms with van der Waals surface area (Å²) in [5.74, 6) is 0. The average Bonchev–Trinajstić information content (AvgIpc) is 1.99. The Morgan fingerprint density at radius 1 is 1.40 bits per heavy atom. The molecule has 0 bridgehead atoms. The van der Waals surface area contributed by atoms with Crippen molar-refractivity contribution in [3.63, 3.8) is 0 Å². The fraction of sp³-hybridized carbons (Fsp3) is 1.00. The third-order valence-corrected chi connectivity index (χ3v) is 1.57. The van der Waals surface area contributed by atoms with Gasteiger partial charge in [0.25, 0.3) is 0 Å². The first-order valence-electron chi connectivity index (χ1n) is 4.16. The van der Waals surface area contributed by atoms with Gasteiger partial charge in [-0.1, -0.05) is 20.3 Å². The van der Waals surface area contributed by atoms with Crippen molar-refractivity contribution in [2.45, 2.75) is 39.2 Å². The molecule has 1 atom stereocenters. The molecule has 2 N–H and O–H groups in total. The topological polar surface area (TPSA) is 35.2 Å². The fourth-order valence-electron chi connectivity index (χ4n) is 0.747. The molecule has 0 saturated heterocycles. The molecule has 0 saturated carbocycles. The van der Waals surface area contributed by atoms with Crippen LogP contribution in [0.2, 0.25) is 0 Å². The molecular formula is C8H19NO. The summed E-state index contributed by atoms with van der Waals surface area (Å²) in [6.07, 6.45) is 3.66. The van der Waals surface area contributed by atoms with Gasteiger partial charge in [0, 0.05) is 13.2 Å². The number of hydrogen-bond acceptors (Lipinski definition) is 2. The summed E-state index contributed by atoms with van der Waals surface area (Å²) in [5.41, 5.74) is 5.44. The van der Waals surface area contributed by atoms with Crippen molar-refractivity contribution < 1.29 is 4.74 Å². The van der Waals surface area contributed by atoms with Gasteiger partial charge in [0.05, 0.1) is 6.10 Å². The van der Waals surface area contributed by atoms with E-state index in [9.17, 15) is 0 Å². The summed E-state index contributed by atoms with van der Waals surface area (Å²) < 4.78 is 5.46. The lowest BCUT2D eigenvalue weighted by Crippen LogP contribution is -2.23. The van der Waals surface area contributed by atoms with Crippen LogP contribution in [0.15, 0.2) is 0 Å². The van der Waals surface area contributed by atoms with Crippen LogP contribution in [0.25, 0.3) is 0 Å². The minimum absolute atomic E-state index is 0.284. The largest absolute Gasteiger partial charge is 0.377 e. The van der Waals surface area contributed by atoms with Crippen LogP contribution < -0.4 is 5.73 Å². The Kier molecular flexibility index (Phi) is 6.98. The van der Waals surface area contributed by atoms with E-state index in [0.29, 0.717) is 6.54 Å². The van der Waals surface area contributed by atoms with Gasteiger partial charge in [-0.15, -0.1) is 0 Å². The first kappa shape index (κ1) is 9.92. The third kappa shape index (κ3) is 4.77. The molecule has 0 radical (unpaired) electrons. The van der Waals surface area contributed by atoms with Gasteiger partial charge < -0.3 is 10.5 Å². The lowest BCUT2D eigenvalue weighted by molar-refractivity contribution is 0.0548. The monoisotopic (exact) mass is 145 g/mol. The van der Waals surface area contributed by atoms with Crippen LogP contribution in [0.5, 0.6) is 0 Å². The second-order valence-electron chi connectivity index (χ2n) is 2.49. The van der Waals surface area contributed by atoms with Crippen molar-refractivity contribution in [1.82, 2.24) is 0 Å². The lowest BCUT2D eigenvalue weighted by atomic mass is 10.3. The second kappa shape index (κ2) is 7.03. The van der Waals surface area contributed by atoms with Crippen molar-refractivity contribution in [2.24, 2.45) is 5.73 Å². The molecule has 0 aliphatic carbocycles. The summed E-state index contributed by atoms with van der Waals surface area (Å²) >= 11 is 0. The predicted molar refractivity (Wildman–Crippen MR) is 44.0 cm³/mol. The van der Waals surface area contributed by atoms with E-state index in [0.717, 1.165) is 19.4 Å². The molecule has 1 unspecified atom stereocenters. The van der Waals surface area contributed by atoms with Gasteiger partial charge in [0.15, 0.2) is 0 Å². The molecule has 0 rings (SSSR count). The summed E-state index contributed by atoms with van der Waals surface area (Å²) in [6.45, 7) is 5.78. The number of unbranched alkanes of at least 4 members (excludes halogenated alkanes) is 1. The molecule has 0 heterocycles. The van der Waals surface area contributed by atoms with Crippen molar-refractivity contribution in [3.05, 3.63) is 0 Å². The summed E-state index contributed by atoms with van der Waals surface area (Å²) in [5, 5.41) is 0. The molecule has 0 aliphatic heterocycles. The first-order valence-corrected chi connectivity index (χ1v) is 4.16.